The maximum atomic E-state index is 12.2. The van der Waals surface area contributed by atoms with E-state index in [-0.39, 0.29) is 11.8 Å². The van der Waals surface area contributed by atoms with Crippen LogP contribution in [0.4, 0.5) is 5.69 Å². The molecule has 0 saturated carbocycles. The van der Waals surface area contributed by atoms with Gasteiger partial charge in [-0.1, -0.05) is 25.1 Å². The lowest BCUT2D eigenvalue weighted by Gasteiger charge is -2.05. The van der Waals surface area contributed by atoms with Gasteiger partial charge in [0.2, 0.25) is 0 Å². The Balaban J connectivity index is 1.77. The fourth-order valence-corrected chi connectivity index (χ4v) is 2.38. The molecule has 0 aliphatic carbocycles. The van der Waals surface area contributed by atoms with Gasteiger partial charge in [-0.25, -0.2) is 5.43 Å². The normalized spacial score (nSPS) is 10.9. The van der Waals surface area contributed by atoms with Crippen LogP contribution in [-0.2, 0) is 0 Å². The molecule has 0 unspecified atom stereocenters. The number of hydrogen-bond acceptors (Lipinski definition) is 3. The van der Waals surface area contributed by atoms with Crippen molar-refractivity contribution in [1.29, 1.82) is 0 Å². The number of rotatable bonds is 5. The second-order valence-electron chi connectivity index (χ2n) is 5.47. The summed E-state index contributed by atoms with van der Waals surface area (Å²) in [4.78, 5) is 27.3. The van der Waals surface area contributed by atoms with Crippen molar-refractivity contribution in [2.45, 2.75) is 13.3 Å². The van der Waals surface area contributed by atoms with E-state index in [2.05, 4.69) is 20.8 Å². The highest BCUT2D eigenvalue weighted by atomic mass is 16.2. The Labute approximate surface area is 144 Å². The number of benzene rings is 2. The van der Waals surface area contributed by atoms with Crippen LogP contribution in [0.1, 0.15) is 34.2 Å². The first-order valence-electron chi connectivity index (χ1n) is 7.98. The van der Waals surface area contributed by atoms with Gasteiger partial charge in [0.05, 0.1) is 0 Å². The topological polar surface area (TPSA) is 86.3 Å². The molecule has 0 spiro atoms. The monoisotopic (exact) mass is 334 g/mol. The fraction of sp³-hybridized carbons (Fsp3) is 0.105. The first-order chi connectivity index (χ1) is 12.2. The Morgan fingerprint density at radius 1 is 1.08 bits per heavy atom. The van der Waals surface area contributed by atoms with E-state index in [1.165, 1.54) is 0 Å². The number of aromatic nitrogens is 1. The molecular weight excluding hydrogens is 316 g/mol. The minimum absolute atomic E-state index is 0.178. The largest absolute Gasteiger partial charge is 0.350 e. The third-order valence-corrected chi connectivity index (χ3v) is 3.60. The van der Waals surface area contributed by atoms with Crippen molar-refractivity contribution in [1.82, 2.24) is 10.4 Å². The number of aromatic amines is 1. The van der Waals surface area contributed by atoms with Crippen molar-refractivity contribution in [2.24, 2.45) is 5.10 Å². The predicted octanol–water partition coefficient (Wildman–Crippen LogP) is 3.55. The number of hydrazone groups is 1. The second-order valence-corrected chi connectivity index (χ2v) is 5.47. The first-order valence-corrected chi connectivity index (χ1v) is 7.98. The van der Waals surface area contributed by atoms with Crippen molar-refractivity contribution in [3.63, 3.8) is 0 Å². The molecular formula is C19H18N4O2. The van der Waals surface area contributed by atoms with E-state index in [0.29, 0.717) is 16.9 Å². The number of nitrogens with one attached hydrogen (secondary N) is 3. The Kier molecular flexibility index (Phi) is 4.89. The Bertz CT molecular complexity index is 929. The lowest BCUT2D eigenvalue weighted by Crippen LogP contribution is -2.17. The van der Waals surface area contributed by atoms with E-state index in [1.54, 1.807) is 30.5 Å². The third kappa shape index (κ3) is 3.92. The van der Waals surface area contributed by atoms with Gasteiger partial charge in [-0.3, -0.25) is 9.59 Å². The maximum Gasteiger partial charge on any atom is 0.287 e. The molecule has 126 valence electrons. The van der Waals surface area contributed by atoms with Crippen LogP contribution in [-0.4, -0.2) is 23.0 Å². The van der Waals surface area contributed by atoms with Gasteiger partial charge < -0.3 is 10.3 Å². The van der Waals surface area contributed by atoms with Gasteiger partial charge in [-0.15, -0.1) is 0 Å². The summed E-state index contributed by atoms with van der Waals surface area (Å²) in [6.07, 6.45) is 2.37. The molecule has 0 aliphatic heterocycles. The number of H-pyrrole nitrogens is 1. The Morgan fingerprint density at radius 2 is 1.88 bits per heavy atom. The minimum Gasteiger partial charge on any atom is -0.350 e. The molecule has 1 heterocycles. The zero-order valence-electron chi connectivity index (χ0n) is 13.7. The second kappa shape index (κ2) is 7.44. The minimum atomic E-state index is -0.309. The lowest BCUT2D eigenvalue weighted by molar-refractivity contribution is 0.0950. The smallest absolute Gasteiger partial charge is 0.287 e. The van der Waals surface area contributed by atoms with E-state index < -0.39 is 0 Å². The number of hydrogen-bond donors (Lipinski definition) is 3. The molecule has 3 rings (SSSR count). The third-order valence-electron chi connectivity index (χ3n) is 3.60. The highest BCUT2D eigenvalue weighted by molar-refractivity contribution is 6.05. The summed E-state index contributed by atoms with van der Waals surface area (Å²) < 4.78 is 0. The molecule has 1 aromatic heterocycles. The van der Waals surface area contributed by atoms with Crippen LogP contribution in [0.3, 0.4) is 0 Å². The molecule has 0 atom stereocenters. The number of anilines is 1. The van der Waals surface area contributed by atoms with Gasteiger partial charge in [0.1, 0.15) is 5.69 Å². The van der Waals surface area contributed by atoms with Crippen molar-refractivity contribution < 1.29 is 9.59 Å². The highest BCUT2D eigenvalue weighted by Crippen LogP contribution is 2.20. The maximum absolute atomic E-state index is 12.2. The van der Waals surface area contributed by atoms with Crippen molar-refractivity contribution in [3.8, 4) is 0 Å². The quantitative estimate of drug-likeness (QED) is 0.492. The summed E-state index contributed by atoms with van der Waals surface area (Å²) in [5, 5.41) is 7.51. The van der Waals surface area contributed by atoms with Crippen molar-refractivity contribution in [2.75, 3.05) is 5.32 Å². The van der Waals surface area contributed by atoms with Crippen LogP contribution in [0.2, 0.25) is 0 Å². The summed E-state index contributed by atoms with van der Waals surface area (Å²) in [7, 11) is 0. The van der Waals surface area contributed by atoms with Gasteiger partial charge in [-0.05, 0) is 42.8 Å². The highest BCUT2D eigenvalue weighted by Gasteiger charge is 2.10. The molecule has 0 bridgehead atoms. The number of amides is 2. The molecule has 3 aromatic rings. The average Bonchev–Trinajstić information content (AvgIpc) is 3.06. The van der Waals surface area contributed by atoms with E-state index in [1.807, 2.05) is 37.3 Å². The fourth-order valence-electron chi connectivity index (χ4n) is 2.38. The van der Waals surface area contributed by atoms with E-state index in [4.69, 9.17) is 0 Å². The molecule has 6 heteroatoms. The van der Waals surface area contributed by atoms with Gasteiger partial charge in [0.25, 0.3) is 11.8 Å². The number of nitrogens with zero attached hydrogens (tertiary/aromatic N) is 1. The van der Waals surface area contributed by atoms with Gasteiger partial charge in [-0.2, -0.15) is 5.10 Å². The van der Waals surface area contributed by atoms with Crippen molar-refractivity contribution >= 4 is 34.6 Å². The van der Waals surface area contributed by atoms with Gasteiger partial charge in [0, 0.05) is 28.4 Å². The van der Waals surface area contributed by atoms with E-state index in [0.717, 1.165) is 17.3 Å². The molecule has 2 amide bonds. The van der Waals surface area contributed by atoms with E-state index in [9.17, 15) is 9.59 Å². The number of fused-ring (bicyclic) bond motifs is 1. The summed E-state index contributed by atoms with van der Waals surface area (Å²) in [5.41, 5.74) is 4.93. The van der Waals surface area contributed by atoms with Crippen molar-refractivity contribution in [3.05, 3.63) is 65.9 Å². The van der Waals surface area contributed by atoms with Crippen LogP contribution in [0.15, 0.2) is 59.7 Å². The van der Waals surface area contributed by atoms with Crippen LogP contribution >= 0.6 is 0 Å². The molecule has 0 saturated heterocycles. The summed E-state index contributed by atoms with van der Waals surface area (Å²) in [5.74, 6) is -0.488. The first kappa shape index (κ1) is 16.4. The Morgan fingerprint density at radius 3 is 2.64 bits per heavy atom. The molecule has 2 aromatic carbocycles. The molecule has 6 nitrogen and oxygen atoms in total. The molecule has 0 fully saturated rings. The molecule has 3 N–H and O–H groups in total. The van der Waals surface area contributed by atoms with Crippen LogP contribution in [0, 0.1) is 0 Å². The van der Waals surface area contributed by atoms with Gasteiger partial charge in [0.15, 0.2) is 0 Å². The standard InChI is InChI=1S/C19H18N4O2/c1-2-10-20-23-19(25)17-12-14-11-15(8-9-16(14)22-17)21-18(24)13-6-4-3-5-7-13/h3-12,22H,2H2,1H3,(H,21,24)(H,23,25)/b20-10+. The van der Waals surface area contributed by atoms with E-state index >= 15 is 0 Å². The summed E-state index contributed by atoms with van der Waals surface area (Å²) in [6.45, 7) is 1.93. The zero-order chi connectivity index (χ0) is 17.6. The predicted molar refractivity (Wildman–Crippen MR) is 98.9 cm³/mol. The lowest BCUT2D eigenvalue weighted by atomic mass is 10.2. The number of carbonyl (C=O) groups is 2. The molecule has 25 heavy (non-hydrogen) atoms. The van der Waals surface area contributed by atoms with Crippen LogP contribution in [0.25, 0.3) is 10.9 Å². The molecule has 0 radical (unpaired) electrons. The van der Waals surface area contributed by atoms with Crippen LogP contribution in [0.5, 0.6) is 0 Å². The number of carbonyl (C=O) groups excluding carboxylic acids is 2. The zero-order valence-corrected chi connectivity index (χ0v) is 13.7. The average molecular weight is 334 g/mol. The van der Waals surface area contributed by atoms with Gasteiger partial charge >= 0.3 is 0 Å². The molecule has 0 aliphatic rings. The summed E-state index contributed by atoms with van der Waals surface area (Å²) in [6, 6.07) is 16.2. The Hall–Kier alpha value is -3.41. The SMILES string of the molecule is CC/C=N/NC(=O)c1cc2cc(NC(=O)c3ccccc3)ccc2[nH]1. The van der Waals surface area contributed by atoms with Crippen LogP contribution < -0.4 is 10.7 Å². The summed E-state index contributed by atoms with van der Waals surface area (Å²) >= 11 is 0.